The fourth-order valence-electron chi connectivity index (χ4n) is 2.45. The lowest BCUT2D eigenvalue weighted by Gasteiger charge is -2.25. The maximum absolute atomic E-state index is 12.9. The molecule has 1 aliphatic rings. The minimum atomic E-state index is -4.78. The number of nitro benzene ring substituents is 1. The lowest BCUT2D eigenvalue weighted by Crippen LogP contribution is -2.32. The summed E-state index contributed by atoms with van der Waals surface area (Å²) in [6.07, 6.45) is -3.33. The number of anilines is 1. The molecule has 0 radical (unpaired) electrons. The molecule has 0 saturated carbocycles. The van der Waals surface area contributed by atoms with Gasteiger partial charge in [0.1, 0.15) is 5.56 Å². The van der Waals surface area contributed by atoms with E-state index in [1.54, 1.807) is 4.90 Å². The molecule has 1 heterocycles. The lowest BCUT2D eigenvalue weighted by molar-refractivity contribution is -0.388. The van der Waals surface area contributed by atoms with Crippen LogP contribution in [0.5, 0.6) is 0 Å². The lowest BCUT2D eigenvalue weighted by atomic mass is 10.1. The van der Waals surface area contributed by atoms with Crippen LogP contribution in [0, 0.1) is 10.1 Å². The molecule has 0 amide bonds. The second-order valence-electron chi connectivity index (χ2n) is 4.63. The molecule has 0 spiro atoms. The molecule has 1 aliphatic heterocycles. The van der Waals surface area contributed by atoms with Crippen molar-refractivity contribution < 1.29 is 23.2 Å². The van der Waals surface area contributed by atoms with Crippen LogP contribution in [0.2, 0.25) is 0 Å². The highest BCUT2D eigenvalue weighted by Gasteiger charge is 2.39. The Balaban J connectivity index is 2.44. The van der Waals surface area contributed by atoms with Crippen molar-refractivity contribution in [1.29, 1.82) is 0 Å². The van der Waals surface area contributed by atoms with Crippen molar-refractivity contribution in [2.75, 3.05) is 18.1 Å². The summed E-state index contributed by atoms with van der Waals surface area (Å²) < 4.78 is 38.6. The Hall–Kier alpha value is -1.83. The van der Waals surface area contributed by atoms with Gasteiger partial charge in [-0.3, -0.25) is 10.1 Å². The Kier molecular flexibility index (Phi) is 3.85. The number of nitrogens with zero attached hydrogens (tertiary/aromatic N) is 2. The Morgan fingerprint density at radius 3 is 2.70 bits per heavy atom. The van der Waals surface area contributed by atoms with Gasteiger partial charge in [-0.05, 0) is 25.0 Å². The minimum Gasteiger partial charge on any atom is -0.394 e. The Labute approximate surface area is 112 Å². The van der Waals surface area contributed by atoms with Gasteiger partial charge in [-0.1, -0.05) is 0 Å². The first-order valence-corrected chi connectivity index (χ1v) is 6.07. The van der Waals surface area contributed by atoms with Crippen LogP contribution < -0.4 is 4.90 Å². The van der Waals surface area contributed by atoms with Crippen molar-refractivity contribution in [3.8, 4) is 0 Å². The number of hydrogen-bond acceptors (Lipinski definition) is 4. The number of rotatable bonds is 3. The highest BCUT2D eigenvalue weighted by molar-refractivity contribution is 5.57. The molecule has 1 fully saturated rings. The van der Waals surface area contributed by atoms with E-state index in [4.69, 9.17) is 0 Å². The number of aliphatic hydroxyl groups is 1. The molecule has 1 saturated heterocycles. The van der Waals surface area contributed by atoms with E-state index in [2.05, 4.69) is 0 Å². The SMILES string of the molecule is O=[N+]([O-])c1ccc(N2CCCC2CO)cc1C(F)(F)F. The first-order chi connectivity index (χ1) is 9.34. The van der Waals surface area contributed by atoms with Crippen molar-refractivity contribution in [2.45, 2.75) is 25.1 Å². The fourth-order valence-corrected chi connectivity index (χ4v) is 2.45. The van der Waals surface area contributed by atoms with Gasteiger partial charge >= 0.3 is 6.18 Å². The summed E-state index contributed by atoms with van der Waals surface area (Å²) in [5, 5.41) is 19.9. The van der Waals surface area contributed by atoms with Crippen molar-refractivity contribution >= 4 is 11.4 Å². The first kappa shape index (κ1) is 14.6. The van der Waals surface area contributed by atoms with E-state index in [0.29, 0.717) is 13.0 Å². The standard InChI is InChI=1S/C12H13F3N2O3/c13-12(14,15)10-6-8(3-4-11(10)17(19)20)16-5-1-2-9(16)7-18/h3-4,6,9,18H,1-2,5,7H2. The summed E-state index contributed by atoms with van der Waals surface area (Å²) in [7, 11) is 0. The number of aliphatic hydroxyl groups excluding tert-OH is 1. The molecular formula is C12H13F3N2O3. The first-order valence-electron chi connectivity index (χ1n) is 6.07. The molecule has 1 aromatic rings. The Morgan fingerprint density at radius 2 is 2.15 bits per heavy atom. The van der Waals surface area contributed by atoms with E-state index in [-0.39, 0.29) is 18.3 Å². The van der Waals surface area contributed by atoms with Crippen LogP contribution in [-0.4, -0.2) is 29.2 Å². The van der Waals surface area contributed by atoms with Crippen LogP contribution >= 0.6 is 0 Å². The molecule has 1 N–H and O–H groups in total. The summed E-state index contributed by atoms with van der Waals surface area (Å²) in [6.45, 7) is 0.374. The summed E-state index contributed by atoms with van der Waals surface area (Å²) in [4.78, 5) is 11.3. The smallest absolute Gasteiger partial charge is 0.394 e. The van der Waals surface area contributed by atoms with E-state index in [9.17, 15) is 28.4 Å². The van der Waals surface area contributed by atoms with Crippen molar-refractivity contribution in [1.82, 2.24) is 0 Å². The maximum Gasteiger partial charge on any atom is 0.423 e. The highest BCUT2D eigenvalue weighted by atomic mass is 19.4. The number of nitro groups is 1. The largest absolute Gasteiger partial charge is 0.423 e. The summed E-state index contributed by atoms with van der Waals surface area (Å²) in [6, 6.07) is 2.70. The predicted octanol–water partition coefficient (Wildman–Crippen LogP) is 2.57. The Morgan fingerprint density at radius 1 is 1.45 bits per heavy atom. The van der Waals surface area contributed by atoms with E-state index < -0.39 is 22.4 Å². The summed E-state index contributed by atoms with van der Waals surface area (Å²) >= 11 is 0. The average molecular weight is 290 g/mol. The molecule has 5 nitrogen and oxygen atoms in total. The van der Waals surface area contributed by atoms with Crippen molar-refractivity contribution in [2.24, 2.45) is 0 Å². The van der Waals surface area contributed by atoms with Gasteiger partial charge in [0, 0.05) is 18.3 Å². The van der Waals surface area contributed by atoms with Gasteiger partial charge in [0.15, 0.2) is 0 Å². The second kappa shape index (κ2) is 5.28. The van der Waals surface area contributed by atoms with Gasteiger partial charge in [-0.25, -0.2) is 0 Å². The number of alkyl halides is 3. The second-order valence-corrected chi connectivity index (χ2v) is 4.63. The molecule has 1 unspecified atom stereocenters. The topological polar surface area (TPSA) is 66.6 Å². The molecule has 110 valence electrons. The fraction of sp³-hybridized carbons (Fsp3) is 0.500. The molecular weight excluding hydrogens is 277 g/mol. The van der Waals surface area contributed by atoms with Crippen molar-refractivity contribution in [3.63, 3.8) is 0 Å². The zero-order chi connectivity index (χ0) is 14.9. The van der Waals surface area contributed by atoms with Crippen molar-refractivity contribution in [3.05, 3.63) is 33.9 Å². The van der Waals surface area contributed by atoms with Crippen LogP contribution in [0.15, 0.2) is 18.2 Å². The molecule has 8 heteroatoms. The van der Waals surface area contributed by atoms with Crippen LogP contribution in [0.4, 0.5) is 24.5 Å². The monoisotopic (exact) mass is 290 g/mol. The summed E-state index contributed by atoms with van der Waals surface area (Å²) in [5.74, 6) is 0. The number of hydrogen-bond donors (Lipinski definition) is 1. The average Bonchev–Trinajstić information content (AvgIpc) is 2.85. The molecule has 2 rings (SSSR count). The molecule has 0 aromatic heterocycles. The van der Waals surface area contributed by atoms with Gasteiger partial charge < -0.3 is 10.0 Å². The van der Waals surface area contributed by atoms with Crippen LogP contribution in [-0.2, 0) is 6.18 Å². The van der Waals surface area contributed by atoms with Crippen LogP contribution in [0.1, 0.15) is 18.4 Å². The molecule has 20 heavy (non-hydrogen) atoms. The maximum atomic E-state index is 12.9. The molecule has 1 aromatic carbocycles. The third-order valence-electron chi connectivity index (χ3n) is 3.40. The number of benzene rings is 1. The van der Waals surface area contributed by atoms with Gasteiger partial charge in [0.2, 0.25) is 0 Å². The van der Waals surface area contributed by atoms with E-state index in [0.717, 1.165) is 18.6 Å². The molecule has 0 aliphatic carbocycles. The van der Waals surface area contributed by atoms with Gasteiger partial charge in [0.25, 0.3) is 5.69 Å². The van der Waals surface area contributed by atoms with E-state index in [1.165, 1.54) is 6.07 Å². The number of halogens is 3. The van der Waals surface area contributed by atoms with E-state index in [1.807, 2.05) is 0 Å². The zero-order valence-corrected chi connectivity index (χ0v) is 10.4. The van der Waals surface area contributed by atoms with E-state index >= 15 is 0 Å². The van der Waals surface area contributed by atoms with Gasteiger partial charge in [-0.15, -0.1) is 0 Å². The van der Waals surface area contributed by atoms with Gasteiger partial charge in [-0.2, -0.15) is 13.2 Å². The predicted molar refractivity (Wildman–Crippen MR) is 65.6 cm³/mol. The van der Waals surface area contributed by atoms with Gasteiger partial charge in [0.05, 0.1) is 17.6 Å². The highest BCUT2D eigenvalue weighted by Crippen LogP contribution is 2.39. The molecule has 1 atom stereocenters. The van der Waals surface area contributed by atoms with Crippen LogP contribution in [0.25, 0.3) is 0 Å². The normalized spacial score (nSPS) is 19.4. The summed E-state index contributed by atoms with van der Waals surface area (Å²) in [5.41, 5.74) is -1.97. The minimum absolute atomic E-state index is 0.154. The zero-order valence-electron chi connectivity index (χ0n) is 10.4. The quantitative estimate of drug-likeness (QED) is 0.686. The third kappa shape index (κ3) is 2.69. The Bertz CT molecular complexity index is 519. The third-order valence-corrected chi connectivity index (χ3v) is 3.40. The van der Waals surface area contributed by atoms with Crippen LogP contribution in [0.3, 0.4) is 0 Å². The molecule has 0 bridgehead atoms.